The first kappa shape index (κ1) is 34.0. The van der Waals surface area contributed by atoms with Crippen LogP contribution in [0.15, 0.2) is 91.5 Å². The monoisotopic (exact) mass is 629 g/mol. The molecule has 2 aromatic carbocycles. The molecule has 0 bridgehead atoms. The molecule has 0 unspecified atom stereocenters. The number of carbonyl (C=O) groups excluding carboxylic acids is 2. The molecule has 5 N–H and O–H groups in total. The van der Waals surface area contributed by atoms with Gasteiger partial charge in [0.05, 0.1) is 16.7 Å². The third kappa shape index (κ3) is 9.30. The molecule has 10 nitrogen and oxygen atoms in total. The number of amides is 2. The number of hydrogen-bond acceptors (Lipinski definition) is 6. The minimum Gasteiger partial charge on any atom is -0.537 e. The number of nitrogens with one attached hydrogen (secondary N) is 2. The van der Waals surface area contributed by atoms with Gasteiger partial charge in [0.1, 0.15) is 22.9 Å². The normalized spacial score (nSPS) is 10.7. The molecule has 0 aliphatic heterocycles. The van der Waals surface area contributed by atoms with Crippen molar-refractivity contribution in [2.24, 2.45) is 0 Å². The highest BCUT2D eigenvalue weighted by Gasteiger charge is 2.21. The molecule has 235 valence electrons. The van der Waals surface area contributed by atoms with E-state index in [1.165, 1.54) is 30.3 Å². The zero-order valence-electron chi connectivity index (χ0n) is 25.1. The highest BCUT2D eigenvalue weighted by atomic mass is 19.1. The Balaban J connectivity index is 1.65. The molecule has 4 rings (SSSR count). The van der Waals surface area contributed by atoms with Crippen LogP contribution in [0.3, 0.4) is 0 Å². The van der Waals surface area contributed by atoms with Crippen LogP contribution in [-0.2, 0) is 17.9 Å². The van der Waals surface area contributed by atoms with Gasteiger partial charge in [-0.1, -0.05) is 12.6 Å². The lowest BCUT2D eigenvalue weighted by Gasteiger charge is -2.10. The second-order valence-corrected chi connectivity index (χ2v) is 10.6. The van der Waals surface area contributed by atoms with Crippen LogP contribution in [0.4, 0.5) is 8.78 Å². The number of pyridine rings is 2. The van der Waals surface area contributed by atoms with Gasteiger partial charge in [0.2, 0.25) is 5.91 Å². The van der Waals surface area contributed by atoms with Gasteiger partial charge < -0.3 is 30.4 Å². The van der Waals surface area contributed by atoms with E-state index < -0.39 is 18.8 Å². The van der Waals surface area contributed by atoms with E-state index in [0.29, 0.717) is 54.0 Å². The third-order valence-corrected chi connectivity index (χ3v) is 6.98. The number of benzene rings is 2. The Morgan fingerprint density at radius 3 is 2.30 bits per heavy atom. The van der Waals surface area contributed by atoms with Gasteiger partial charge in [-0.3, -0.25) is 9.59 Å². The van der Waals surface area contributed by atoms with Crippen molar-refractivity contribution in [1.82, 2.24) is 10.6 Å². The van der Waals surface area contributed by atoms with Gasteiger partial charge in [0.15, 0.2) is 37.9 Å². The van der Waals surface area contributed by atoms with E-state index in [4.69, 9.17) is 4.65 Å². The molecule has 4 aromatic rings. The molecule has 0 aliphatic carbocycles. The van der Waals surface area contributed by atoms with Gasteiger partial charge in [-0.2, -0.15) is 4.57 Å². The molecule has 0 saturated carbocycles. The molecule has 2 heterocycles. The fourth-order valence-electron chi connectivity index (χ4n) is 4.75. The van der Waals surface area contributed by atoms with Gasteiger partial charge in [0.25, 0.3) is 5.91 Å². The van der Waals surface area contributed by atoms with Crippen molar-refractivity contribution < 1.29 is 47.2 Å². The second kappa shape index (κ2) is 15.9. The van der Waals surface area contributed by atoms with Gasteiger partial charge in [-0.25, -0.2) is 13.3 Å². The number of aromatic nitrogens is 2. The van der Waals surface area contributed by atoms with Crippen LogP contribution in [-0.4, -0.2) is 54.8 Å². The topological polar surface area (TPSA) is 136 Å². The van der Waals surface area contributed by atoms with Gasteiger partial charge in [-0.05, 0) is 61.3 Å². The van der Waals surface area contributed by atoms with E-state index in [0.717, 1.165) is 6.07 Å². The van der Waals surface area contributed by atoms with Crippen molar-refractivity contribution in [3.8, 4) is 16.9 Å². The lowest BCUT2D eigenvalue weighted by molar-refractivity contribution is -0.689. The van der Waals surface area contributed by atoms with Crippen molar-refractivity contribution in [2.45, 2.75) is 26.4 Å². The second-order valence-electron chi connectivity index (χ2n) is 10.6. The Morgan fingerprint density at radius 1 is 0.913 bits per heavy atom. The largest absolute Gasteiger partial charge is 0.569 e. The van der Waals surface area contributed by atoms with Crippen molar-refractivity contribution in [3.05, 3.63) is 120 Å². The van der Waals surface area contributed by atoms with Crippen molar-refractivity contribution in [3.63, 3.8) is 0 Å². The summed E-state index contributed by atoms with van der Waals surface area (Å²) in [5, 5.41) is 34.3. The van der Waals surface area contributed by atoms with Crippen LogP contribution in [0.25, 0.3) is 11.1 Å². The minimum absolute atomic E-state index is 0.0792. The average molecular weight is 629 g/mol. The molecule has 0 aliphatic rings. The predicted molar refractivity (Wildman–Crippen MR) is 166 cm³/mol. The summed E-state index contributed by atoms with van der Waals surface area (Å²) < 4.78 is 36.8. The van der Waals surface area contributed by atoms with Crippen LogP contribution < -0.4 is 29.9 Å². The molecule has 46 heavy (non-hydrogen) atoms. The lowest BCUT2D eigenvalue weighted by Crippen LogP contribution is -2.40. The number of carbonyl (C=O) groups is 2. The van der Waals surface area contributed by atoms with E-state index >= 15 is 0 Å². The zero-order chi connectivity index (χ0) is 33.2. The van der Waals surface area contributed by atoms with Crippen LogP contribution >= 0.6 is 0 Å². The Kier molecular flexibility index (Phi) is 11.7. The molecule has 0 spiro atoms. The summed E-state index contributed by atoms with van der Waals surface area (Å²) in [4.78, 5) is 25.0. The summed E-state index contributed by atoms with van der Waals surface area (Å²) in [5.74, 6) is -1.46. The summed E-state index contributed by atoms with van der Waals surface area (Å²) in [6, 6.07) is 12.8. The Morgan fingerprint density at radius 2 is 1.59 bits per heavy atom. The van der Waals surface area contributed by atoms with E-state index in [9.17, 15) is 33.4 Å². The highest BCUT2D eigenvalue weighted by molar-refractivity contribution is 6.59. The molecule has 2 aromatic heterocycles. The van der Waals surface area contributed by atoms with Crippen molar-refractivity contribution >= 4 is 32.1 Å². The molecular weight excluding hydrogens is 596 g/mol. The van der Waals surface area contributed by atoms with Gasteiger partial charge in [-0.15, -0.1) is 0 Å². The molecular formula is C32H33B2F2N4O6+2. The third-order valence-electron chi connectivity index (χ3n) is 6.98. The number of nitrogens with zero attached hydrogens (tertiary/aromatic N) is 2. The van der Waals surface area contributed by atoms with Crippen LogP contribution in [0, 0.1) is 11.6 Å². The highest BCUT2D eigenvalue weighted by Crippen LogP contribution is 2.21. The van der Waals surface area contributed by atoms with Crippen LogP contribution in [0.5, 0.6) is 5.75 Å². The quantitative estimate of drug-likeness (QED) is 0.0604. The number of halogens is 2. The summed E-state index contributed by atoms with van der Waals surface area (Å²) in [5.41, 5.74) is 2.92. The molecule has 14 heteroatoms. The summed E-state index contributed by atoms with van der Waals surface area (Å²) in [6.45, 7) is 6.03. The first-order valence-corrected chi connectivity index (χ1v) is 14.3. The lowest BCUT2D eigenvalue weighted by atomic mass is 9.77. The molecule has 0 fully saturated rings. The first-order valence-electron chi connectivity index (χ1n) is 14.3. The summed E-state index contributed by atoms with van der Waals surface area (Å²) in [7, 11) is -1.28. The van der Waals surface area contributed by atoms with Crippen molar-refractivity contribution in [1.29, 1.82) is 0 Å². The zero-order valence-corrected chi connectivity index (χ0v) is 25.1. The van der Waals surface area contributed by atoms with Crippen LogP contribution in [0.2, 0.25) is 0 Å². The smallest absolute Gasteiger partial charge is 0.537 e. The maximum atomic E-state index is 14.2. The molecule has 0 saturated heterocycles. The molecule has 2 amide bonds. The maximum absolute atomic E-state index is 14.2. The number of hydrogen-bond donors (Lipinski definition) is 5. The standard InChI is InChI=1S/C32H31B2F2N4O6/c1-21(2)31(41)37-10-4-11-38-32(42)26-13-23(17-40(20-26)19-25-15-28(36)7-9-30(25)46-33-43)22-5-3-12-39(16-22)18-24-14-27(35)6-8-29(24)34(44)45/h3,5-9,12-17,20,43-45H,1,4,10-11,18-19H2,2H3/p+2. The predicted octanol–water partition coefficient (Wildman–Crippen LogP) is 0.701. The number of rotatable bonds is 14. The van der Waals surface area contributed by atoms with Crippen LogP contribution in [0.1, 0.15) is 34.8 Å². The SMILES string of the molecule is C=C(C)C(=O)NCCCNC(=O)c1cc(-c2ccc[n+](Cc3cc(F)ccc3B(O)O)c2)c[n+](Cc2cc(F)ccc2O[B]O)c1. The first-order chi connectivity index (χ1) is 22.0. The molecule has 0 atom stereocenters. The fourth-order valence-corrected chi connectivity index (χ4v) is 4.75. The molecule has 1 radical (unpaired) electrons. The van der Waals surface area contributed by atoms with E-state index in [1.54, 1.807) is 53.0 Å². The summed E-state index contributed by atoms with van der Waals surface area (Å²) in [6.07, 6.45) is 7.33. The van der Waals surface area contributed by atoms with Crippen molar-refractivity contribution in [2.75, 3.05) is 13.1 Å². The fraction of sp³-hybridized carbons (Fsp3) is 0.188. The van der Waals surface area contributed by atoms with E-state index in [2.05, 4.69) is 17.2 Å². The average Bonchev–Trinajstić information content (AvgIpc) is 3.02. The van der Waals surface area contributed by atoms with Gasteiger partial charge >= 0.3 is 14.8 Å². The Hall–Kier alpha value is -4.91. The Bertz CT molecular complexity index is 1740. The Labute approximate surface area is 266 Å². The van der Waals surface area contributed by atoms with E-state index in [-0.39, 0.29) is 42.7 Å². The summed E-state index contributed by atoms with van der Waals surface area (Å²) >= 11 is 0. The van der Waals surface area contributed by atoms with E-state index in [1.807, 2.05) is 6.07 Å². The minimum atomic E-state index is -1.78. The maximum Gasteiger partial charge on any atom is 0.569 e. The van der Waals surface area contributed by atoms with Gasteiger partial charge in [0, 0.05) is 30.3 Å².